The van der Waals surface area contributed by atoms with Crippen molar-refractivity contribution in [1.29, 1.82) is 0 Å². The van der Waals surface area contributed by atoms with Gasteiger partial charge in [-0.1, -0.05) is 30.3 Å². The number of nitrogens with zero attached hydrogens (tertiary/aromatic N) is 2. The van der Waals surface area contributed by atoms with Gasteiger partial charge in [0.2, 0.25) is 5.91 Å². The van der Waals surface area contributed by atoms with E-state index in [2.05, 4.69) is 4.98 Å². The number of benzene rings is 2. The molecule has 0 aliphatic carbocycles. The number of hydrogen-bond acceptors (Lipinski definition) is 5. The number of carbonyl (C=O) groups excluding carboxylic acids is 1. The first-order chi connectivity index (χ1) is 16.5. The van der Waals surface area contributed by atoms with Crippen LogP contribution in [0.4, 0.5) is 0 Å². The van der Waals surface area contributed by atoms with Crippen molar-refractivity contribution in [3.8, 4) is 5.75 Å². The average molecular weight is 457 g/mol. The van der Waals surface area contributed by atoms with Crippen LogP contribution in [-0.2, 0) is 24.3 Å². The van der Waals surface area contributed by atoms with E-state index in [4.69, 9.17) is 9.15 Å². The van der Waals surface area contributed by atoms with Crippen LogP contribution in [0.5, 0.6) is 5.75 Å². The second kappa shape index (κ2) is 10.3. The average Bonchev–Trinajstić information content (AvgIpc) is 2.85. The zero-order chi connectivity index (χ0) is 24.1. The molecule has 6 nitrogen and oxygen atoms in total. The minimum absolute atomic E-state index is 0.0271. The van der Waals surface area contributed by atoms with Crippen molar-refractivity contribution in [2.45, 2.75) is 39.8 Å². The lowest BCUT2D eigenvalue weighted by Gasteiger charge is -2.24. The lowest BCUT2D eigenvalue weighted by Crippen LogP contribution is -2.31. The number of methoxy groups -OCH3 is 1. The van der Waals surface area contributed by atoms with Gasteiger partial charge in [-0.05, 0) is 60.7 Å². The van der Waals surface area contributed by atoms with Crippen molar-refractivity contribution < 1.29 is 13.9 Å². The molecule has 4 aromatic rings. The monoisotopic (exact) mass is 456 g/mol. The molecule has 0 spiro atoms. The van der Waals surface area contributed by atoms with E-state index in [1.165, 1.54) is 0 Å². The van der Waals surface area contributed by atoms with Gasteiger partial charge in [-0.3, -0.25) is 9.78 Å². The van der Waals surface area contributed by atoms with E-state index >= 15 is 0 Å². The molecule has 2 aromatic heterocycles. The molecule has 2 aromatic carbocycles. The van der Waals surface area contributed by atoms with Crippen molar-refractivity contribution in [2.24, 2.45) is 0 Å². The van der Waals surface area contributed by atoms with Crippen LogP contribution in [0, 0.1) is 13.8 Å². The Bertz CT molecular complexity index is 1360. The van der Waals surface area contributed by atoms with Gasteiger partial charge in [0, 0.05) is 48.9 Å². The fourth-order valence-electron chi connectivity index (χ4n) is 4.12. The van der Waals surface area contributed by atoms with Gasteiger partial charge in [0.15, 0.2) is 0 Å². The first kappa shape index (κ1) is 23.2. The molecule has 0 radical (unpaired) electrons. The largest absolute Gasteiger partial charge is 0.497 e. The van der Waals surface area contributed by atoms with E-state index in [0.29, 0.717) is 36.4 Å². The summed E-state index contributed by atoms with van der Waals surface area (Å²) in [7, 11) is 1.57. The maximum absolute atomic E-state index is 13.4. The summed E-state index contributed by atoms with van der Waals surface area (Å²) in [6, 6.07) is 17.3. The number of aromatic nitrogens is 1. The van der Waals surface area contributed by atoms with Crippen LogP contribution in [0.15, 0.2) is 76.2 Å². The molecule has 0 fully saturated rings. The van der Waals surface area contributed by atoms with Crippen molar-refractivity contribution in [2.75, 3.05) is 7.11 Å². The summed E-state index contributed by atoms with van der Waals surface area (Å²) in [5.74, 6) is 0.598. The van der Waals surface area contributed by atoms with E-state index in [1.807, 2.05) is 67.3 Å². The molecule has 0 N–H and O–H groups in total. The normalized spacial score (nSPS) is 10.9. The fraction of sp³-hybridized carbons (Fsp3) is 0.250. The molecule has 0 saturated carbocycles. The van der Waals surface area contributed by atoms with Crippen LogP contribution in [0.25, 0.3) is 11.0 Å². The maximum Gasteiger partial charge on any atom is 0.339 e. The number of hydrogen-bond donors (Lipinski definition) is 0. The molecule has 4 rings (SSSR count). The van der Waals surface area contributed by atoms with Crippen LogP contribution in [0.3, 0.4) is 0 Å². The van der Waals surface area contributed by atoms with Crippen LogP contribution in [0.2, 0.25) is 0 Å². The number of carbonyl (C=O) groups is 1. The van der Waals surface area contributed by atoms with Gasteiger partial charge in [-0.25, -0.2) is 4.79 Å². The molecule has 0 aliphatic rings. The predicted molar refractivity (Wildman–Crippen MR) is 132 cm³/mol. The number of ether oxygens (including phenoxy) is 1. The highest BCUT2D eigenvalue weighted by Gasteiger charge is 2.19. The second-order valence-electron chi connectivity index (χ2n) is 8.39. The van der Waals surface area contributed by atoms with E-state index in [9.17, 15) is 9.59 Å². The zero-order valence-electron chi connectivity index (χ0n) is 19.7. The Morgan fingerprint density at radius 3 is 2.62 bits per heavy atom. The van der Waals surface area contributed by atoms with Gasteiger partial charge in [0.1, 0.15) is 11.3 Å². The molecule has 174 valence electrons. The Balaban J connectivity index is 1.57. The Morgan fingerprint density at radius 1 is 1.06 bits per heavy atom. The third kappa shape index (κ3) is 5.17. The molecule has 0 atom stereocenters. The summed E-state index contributed by atoms with van der Waals surface area (Å²) in [5, 5.41) is 0.843. The Kier molecular flexibility index (Phi) is 7.07. The van der Waals surface area contributed by atoms with Gasteiger partial charge in [0.25, 0.3) is 0 Å². The summed E-state index contributed by atoms with van der Waals surface area (Å²) in [6.45, 7) is 4.88. The molecule has 1 amide bonds. The minimum Gasteiger partial charge on any atom is -0.497 e. The fourth-order valence-corrected chi connectivity index (χ4v) is 4.12. The Hall–Kier alpha value is -3.93. The lowest BCUT2D eigenvalue weighted by atomic mass is 10.0. The maximum atomic E-state index is 13.4. The third-order valence-electron chi connectivity index (χ3n) is 6.15. The Labute approximate surface area is 198 Å². The number of rotatable bonds is 8. The number of aryl methyl sites for hydroxylation is 2. The standard InChI is InChI=1S/C28H28N2O4/c1-19-7-4-5-9-22(19)18-30(17-21-8-6-14-29-16-21)27(31)13-12-25-20(2)24-11-10-23(33-3)15-26(24)34-28(25)32/h4-11,14-16H,12-13,17-18H2,1-3H3. The number of amides is 1. The molecule has 6 heteroatoms. The quantitative estimate of drug-likeness (QED) is 0.350. The second-order valence-corrected chi connectivity index (χ2v) is 8.39. The number of pyridine rings is 1. The van der Waals surface area contributed by atoms with Crippen molar-refractivity contribution in [3.05, 3.63) is 105 Å². The summed E-state index contributed by atoms with van der Waals surface area (Å²) in [4.78, 5) is 32.1. The van der Waals surface area contributed by atoms with Gasteiger partial charge in [-0.2, -0.15) is 0 Å². The Morgan fingerprint density at radius 2 is 1.88 bits per heavy atom. The van der Waals surface area contributed by atoms with Crippen LogP contribution >= 0.6 is 0 Å². The summed E-state index contributed by atoms with van der Waals surface area (Å²) in [5.41, 5.74) is 4.61. The van der Waals surface area contributed by atoms with E-state index < -0.39 is 5.63 Å². The minimum atomic E-state index is -0.413. The first-order valence-electron chi connectivity index (χ1n) is 11.3. The molecular weight excluding hydrogens is 428 g/mol. The summed E-state index contributed by atoms with van der Waals surface area (Å²) >= 11 is 0. The zero-order valence-corrected chi connectivity index (χ0v) is 19.7. The molecule has 34 heavy (non-hydrogen) atoms. The van der Waals surface area contributed by atoms with Crippen molar-refractivity contribution in [1.82, 2.24) is 9.88 Å². The van der Waals surface area contributed by atoms with Gasteiger partial charge >= 0.3 is 5.63 Å². The van der Waals surface area contributed by atoms with Crippen molar-refractivity contribution >= 4 is 16.9 Å². The SMILES string of the molecule is COc1ccc2c(C)c(CCC(=O)N(Cc3cccnc3)Cc3ccccc3C)c(=O)oc2c1. The molecule has 0 bridgehead atoms. The highest BCUT2D eigenvalue weighted by atomic mass is 16.5. The summed E-state index contributed by atoms with van der Waals surface area (Å²) in [6.07, 6.45) is 4.01. The van der Waals surface area contributed by atoms with E-state index in [0.717, 1.165) is 27.6 Å². The van der Waals surface area contributed by atoms with Crippen LogP contribution < -0.4 is 10.4 Å². The molecular formula is C28H28N2O4. The summed E-state index contributed by atoms with van der Waals surface area (Å²) < 4.78 is 10.8. The van der Waals surface area contributed by atoms with Crippen LogP contribution in [0.1, 0.15) is 34.2 Å². The predicted octanol–water partition coefficient (Wildman–Crippen LogP) is 4.98. The molecule has 2 heterocycles. The number of fused-ring (bicyclic) bond motifs is 1. The van der Waals surface area contributed by atoms with E-state index in [-0.39, 0.29) is 12.3 Å². The topological polar surface area (TPSA) is 72.6 Å². The molecule has 0 unspecified atom stereocenters. The molecule has 0 aliphatic heterocycles. The van der Waals surface area contributed by atoms with Gasteiger partial charge < -0.3 is 14.1 Å². The molecule has 0 saturated heterocycles. The highest BCUT2D eigenvalue weighted by molar-refractivity contribution is 5.83. The van der Waals surface area contributed by atoms with Gasteiger partial charge in [-0.15, -0.1) is 0 Å². The first-order valence-corrected chi connectivity index (χ1v) is 11.3. The van der Waals surface area contributed by atoms with E-state index in [1.54, 1.807) is 25.6 Å². The smallest absolute Gasteiger partial charge is 0.339 e. The van der Waals surface area contributed by atoms with Crippen molar-refractivity contribution in [3.63, 3.8) is 0 Å². The van der Waals surface area contributed by atoms with Gasteiger partial charge in [0.05, 0.1) is 7.11 Å². The van der Waals surface area contributed by atoms with Crippen LogP contribution in [-0.4, -0.2) is 22.9 Å². The highest BCUT2D eigenvalue weighted by Crippen LogP contribution is 2.25. The third-order valence-corrected chi connectivity index (χ3v) is 6.15. The lowest BCUT2D eigenvalue weighted by molar-refractivity contribution is -0.132.